The van der Waals surface area contributed by atoms with Crippen LogP contribution >= 0.6 is 0 Å². The normalized spacial score (nSPS) is 25.9. The fourth-order valence-corrected chi connectivity index (χ4v) is 6.07. The van der Waals surface area contributed by atoms with Crippen molar-refractivity contribution < 1.29 is 29.1 Å². The van der Waals surface area contributed by atoms with Gasteiger partial charge in [-0.3, -0.25) is 14.5 Å². The first-order valence-corrected chi connectivity index (χ1v) is 12.8. The maximum atomic E-state index is 13.1. The molecule has 2 amide bonds. The number of para-hydroxylation sites is 1. The van der Waals surface area contributed by atoms with Gasteiger partial charge in [0.15, 0.2) is 0 Å². The number of imide groups is 1. The zero-order chi connectivity index (χ0) is 26.1. The van der Waals surface area contributed by atoms with Crippen molar-refractivity contribution in [2.75, 3.05) is 13.7 Å². The monoisotopic (exact) mass is 501 g/mol. The number of rotatable bonds is 7. The first kappa shape index (κ1) is 25.3. The lowest BCUT2D eigenvalue weighted by Gasteiger charge is -2.43. The summed E-state index contributed by atoms with van der Waals surface area (Å²) in [5, 5.41) is 20.4. The van der Waals surface area contributed by atoms with Gasteiger partial charge in [-0.1, -0.05) is 42.0 Å². The minimum absolute atomic E-state index is 0.159. The third-order valence-electron chi connectivity index (χ3n) is 7.77. The van der Waals surface area contributed by atoms with Gasteiger partial charge in [-0.05, 0) is 79.4 Å². The zero-order valence-electron chi connectivity index (χ0n) is 21.2. The van der Waals surface area contributed by atoms with Gasteiger partial charge in [0.25, 0.3) is 0 Å². The van der Waals surface area contributed by atoms with Gasteiger partial charge in [0.05, 0.1) is 17.9 Å². The molecule has 3 aliphatic rings. The smallest absolute Gasteiger partial charge is 0.455 e. The summed E-state index contributed by atoms with van der Waals surface area (Å²) >= 11 is 0. The van der Waals surface area contributed by atoms with E-state index in [4.69, 9.17) is 9.39 Å². The van der Waals surface area contributed by atoms with E-state index in [1.54, 1.807) is 25.2 Å². The minimum Gasteiger partial charge on any atom is -0.508 e. The van der Waals surface area contributed by atoms with Crippen LogP contribution in [0.1, 0.15) is 31.7 Å². The Morgan fingerprint density at radius 1 is 1.14 bits per heavy atom. The number of hydrogen-bond donors (Lipinski definition) is 2. The third-order valence-corrected chi connectivity index (χ3v) is 7.77. The van der Waals surface area contributed by atoms with Crippen molar-refractivity contribution in [1.29, 1.82) is 0 Å². The number of hydrogen-bond acceptors (Lipinski definition) is 6. The van der Waals surface area contributed by atoms with E-state index in [1.807, 2.05) is 49.4 Å². The molecule has 2 heterocycles. The molecule has 5 rings (SSSR count). The number of carbonyl (C=O) groups excluding carboxylic acids is 2. The average molecular weight is 501 g/mol. The van der Waals surface area contributed by atoms with Gasteiger partial charge in [-0.25, -0.2) is 0 Å². The molecule has 2 fully saturated rings. The van der Waals surface area contributed by atoms with E-state index >= 15 is 0 Å². The van der Waals surface area contributed by atoms with E-state index in [0.717, 1.165) is 28.0 Å². The molecule has 0 unspecified atom stereocenters. The van der Waals surface area contributed by atoms with Gasteiger partial charge in [-0.2, -0.15) is 0 Å². The van der Waals surface area contributed by atoms with Gasteiger partial charge in [0, 0.05) is 7.05 Å². The molecule has 192 valence electrons. The van der Waals surface area contributed by atoms with Crippen molar-refractivity contribution in [3.05, 3.63) is 76.9 Å². The summed E-state index contributed by atoms with van der Waals surface area (Å²) in [6, 6.07) is 16.6. The van der Waals surface area contributed by atoms with Gasteiger partial charge in [-0.15, -0.1) is 0 Å². The number of likely N-dealkylation sites (tertiary alicyclic amines) is 1. The Labute approximate surface area is 217 Å². The van der Waals surface area contributed by atoms with Crippen LogP contribution < -0.4 is 4.74 Å². The number of aromatic hydroxyl groups is 1. The lowest BCUT2D eigenvalue weighted by atomic mass is 9.58. The third kappa shape index (κ3) is 5.22. The molecule has 2 aromatic carbocycles. The standard InChI is InChI=1S/C29H32BNO6/c1-18(13-19-7-6-8-21(32)14-19)11-12-25-26-20(17-36-22-9-4-3-5-10-22)15-23-27(24(26)16-30(35)37-25)29(34)31(2)28(23)33/h3-10,13-14,23-25,27,32,35H,11-12,15-17H2,1-2H3/b18-13+/t23-,24+,25-,27-/m1/s1. The van der Waals surface area contributed by atoms with Crippen LogP contribution in [-0.4, -0.2) is 53.7 Å². The van der Waals surface area contributed by atoms with Crippen molar-refractivity contribution in [2.45, 2.75) is 38.6 Å². The van der Waals surface area contributed by atoms with Crippen LogP contribution in [0.5, 0.6) is 11.5 Å². The summed E-state index contributed by atoms with van der Waals surface area (Å²) in [6.07, 6.45) is 3.70. The fraction of sp³-hybridized carbons (Fsp3) is 0.379. The van der Waals surface area contributed by atoms with E-state index in [-0.39, 0.29) is 35.9 Å². The Kier molecular flexibility index (Phi) is 7.22. The molecule has 2 aromatic rings. The van der Waals surface area contributed by atoms with E-state index in [2.05, 4.69) is 0 Å². The number of phenolic OH excluding ortho intramolecular Hbond substituents is 1. The Hall–Kier alpha value is -3.36. The summed E-state index contributed by atoms with van der Waals surface area (Å²) in [4.78, 5) is 27.3. The fourth-order valence-electron chi connectivity index (χ4n) is 6.07. The molecular weight excluding hydrogens is 469 g/mol. The molecule has 4 atom stereocenters. The van der Waals surface area contributed by atoms with E-state index in [1.165, 1.54) is 4.90 Å². The van der Waals surface area contributed by atoms with E-state index in [0.29, 0.717) is 25.9 Å². The molecule has 2 saturated heterocycles. The van der Waals surface area contributed by atoms with Crippen molar-refractivity contribution in [3.8, 4) is 11.5 Å². The quantitative estimate of drug-likeness (QED) is 0.337. The highest BCUT2D eigenvalue weighted by atomic mass is 16.5. The first-order chi connectivity index (χ1) is 17.8. The van der Waals surface area contributed by atoms with Crippen LogP contribution in [0.3, 0.4) is 0 Å². The van der Waals surface area contributed by atoms with Crippen molar-refractivity contribution >= 4 is 25.0 Å². The van der Waals surface area contributed by atoms with Crippen LogP contribution in [0, 0.1) is 17.8 Å². The van der Waals surface area contributed by atoms with E-state index in [9.17, 15) is 19.7 Å². The molecule has 0 aromatic heterocycles. The number of carbonyl (C=O) groups is 2. The summed E-state index contributed by atoms with van der Waals surface area (Å²) < 4.78 is 12.2. The predicted octanol–water partition coefficient (Wildman–Crippen LogP) is 4.08. The SMILES string of the molecule is C/C(=C\c1cccc(O)c1)CC[C@H]1OB(O)C[C@H]2C1=C(COc1ccccc1)C[C@H]1C(=O)N(C)C(=O)[C@H]12. The lowest BCUT2D eigenvalue weighted by Crippen LogP contribution is -2.46. The summed E-state index contributed by atoms with van der Waals surface area (Å²) in [5.74, 6) is -0.551. The topological polar surface area (TPSA) is 96.3 Å². The molecular formula is C29H32BNO6. The number of ether oxygens (including phenoxy) is 1. The summed E-state index contributed by atoms with van der Waals surface area (Å²) in [7, 11) is 0.545. The van der Waals surface area contributed by atoms with Crippen molar-refractivity contribution in [2.24, 2.45) is 17.8 Å². The number of allylic oxidation sites excluding steroid dienone is 1. The molecule has 0 bridgehead atoms. The Balaban J connectivity index is 1.43. The van der Waals surface area contributed by atoms with Crippen LogP contribution in [0.15, 0.2) is 71.3 Å². The zero-order valence-corrected chi connectivity index (χ0v) is 21.2. The van der Waals surface area contributed by atoms with Crippen molar-refractivity contribution in [3.63, 3.8) is 0 Å². The molecule has 0 saturated carbocycles. The van der Waals surface area contributed by atoms with Crippen LogP contribution in [0.2, 0.25) is 6.32 Å². The number of phenols is 1. The minimum atomic E-state index is -1.00. The number of nitrogens with zero attached hydrogens (tertiary/aromatic N) is 1. The molecule has 2 N–H and O–H groups in total. The number of benzene rings is 2. The van der Waals surface area contributed by atoms with Crippen LogP contribution in [0.4, 0.5) is 0 Å². The van der Waals surface area contributed by atoms with Crippen LogP contribution in [-0.2, 0) is 14.2 Å². The molecule has 8 heteroatoms. The Bertz CT molecular complexity index is 1240. The second-order valence-corrected chi connectivity index (χ2v) is 10.3. The van der Waals surface area contributed by atoms with Gasteiger partial charge in [0.2, 0.25) is 11.8 Å². The maximum Gasteiger partial charge on any atom is 0.455 e. The molecule has 1 aliphatic carbocycles. The second kappa shape index (κ2) is 10.6. The molecule has 0 radical (unpaired) electrons. The maximum absolute atomic E-state index is 13.1. The average Bonchev–Trinajstić information content (AvgIpc) is 3.10. The van der Waals surface area contributed by atoms with Crippen molar-refractivity contribution in [1.82, 2.24) is 4.90 Å². The Morgan fingerprint density at radius 3 is 2.68 bits per heavy atom. The number of amides is 2. The highest BCUT2D eigenvalue weighted by Crippen LogP contribution is 2.50. The van der Waals surface area contributed by atoms with Gasteiger partial charge < -0.3 is 19.5 Å². The molecule has 0 spiro atoms. The van der Waals surface area contributed by atoms with E-state index < -0.39 is 19.0 Å². The van der Waals surface area contributed by atoms with Gasteiger partial charge >= 0.3 is 7.12 Å². The first-order valence-electron chi connectivity index (χ1n) is 12.8. The largest absolute Gasteiger partial charge is 0.508 e. The molecule has 2 aliphatic heterocycles. The predicted molar refractivity (Wildman–Crippen MR) is 140 cm³/mol. The number of fused-ring (bicyclic) bond motifs is 3. The second-order valence-electron chi connectivity index (χ2n) is 10.3. The summed E-state index contributed by atoms with van der Waals surface area (Å²) in [5.41, 5.74) is 4.01. The molecule has 7 nitrogen and oxygen atoms in total. The van der Waals surface area contributed by atoms with Gasteiger partial charge in [0.1, 0.15) is 18.1 Å². The Morgan fingerprint density at radius 2 is 1.92 bits per heavy atom. The lowest BCUT2D eigenvalue weighted by molar-refractivity contribution is -0.138. The summed E-state index contributed by atoms with van der Waals surface area (Å²) in [6.45, 7) is 2.33. The highest BCUT2D eigenvalue weighted by Gasteiger charge is 2.56. The highest BCUT2D eigenvalue weighted by molar-refractivity contribution is 6.43. The van der Waals surface area contributed by atoms with Crippen LogP contribution in [0.25, 0.3) is 6.08 Å². The molecule has 37 heavy (non-hydrogen) atoms.